The molecule has 0 bridgehead atoms. The summed E-state index contributed by atoms with van der Waals surface area (Å²) in [6, 6.07) is 19.2. The van der Waals surface area contributed by atoms with E-state index in [1.54, 1.807) is 0 Å². The summed E-state index contributed by atoms with van der Waals surface area (Å²) >= 11 is 0. The van der Waals surface area contributed by atoms with Gasteiger partial charge in [-0.15, -0.1) is 0 Å². The van der Waals surface area contributed by atoms with Crippen LogP contribution in [-0.2, 0) is 8.85 Å². The second kappa shape index (κ2) is 8.79. The van der Waals surface area contributed by atoms with Crippen LogP contribution in [-0.4, -0.2) is 22.8 Å². The monoisotopic (exact) mass is 356 g/mol. The average Bonchev–Trinajstić information content (AvgIpc) is 2.61. The van der Waals surface area contributed by atoms with E-state index < -0.39 is 8.56 Å². The third-order valence-electron chi connectivity index (χ3n) is 5.42. The smallest absolute Gasteiger partial charge is 0.338 e. The normalized spacial score (nSPS) is 14.3. The molecule has 2 aromatic rings. The van der Waals surface area contributed by atoms with Crippen LogP contribution in [0.15, 0.2) is 48.5 Å². The van der Waals surface area contributed by atoms with Crippen molar-refractivity contribution in [1.29, 1.82) is 0 Å². The van der Waals surface area contributed by atoms with Crippen molar-refractivity contribution in [3.05, 3.63) is 70.8 Å². The summed E-state index contributed by atoms with van der Waals surface area (Å²) in [5, 5.41) is 0. The molecule has 0 saturated heterocycles. The fraction of sp³-hybridized carbons (Fsp3) is 0.455. The molecule has 0 aliphatic rings. The summed E-state index contributed by atoms with van der Waals surface area (Å²) in [6.45, 7) is 8.95. The Morgan fingerprint density at radius 3 is 1.40 bits per heavy atom. The molecule has 0 heterocycles. The molecule has 0 N–H and O–H groups in total. The van der Waals surface area contributed by atoms with Gasteiger partial charge in [-0.2, -0.15) is 0 Å². The minimum Gasteiger partial charge on any atom is -0.398 e. The van der Waals surface area contributed by atoms with E-state index in [1.165, 1.54) is 22.3 Å². The lowest BCUT2D eigenvalue weighted by molar-refractivity contribution is 0.236. The van der Waals surface area contributed by atoms with E-state index in [4.69, 9.17) is 8.85 Å². The highest BCUT2D eigenvalue weighted by Crippen LogP contribution is 2.36. The van der Waals surface area contributed by atoms with Gasteiger partial charge in [0.15, 0.2) is 0 Å². The van der Waals surface area contributed by atoms with Gasteiger partial charge in [0.1, 0.15) is 0 Å². The van der Waals surface area contributed by atoms with Gasteiger partial charge < -0.3 is 8.85 Å². The SMILES string of the molecule is CO[Si](CC(C)c1ccccc1C)(CC(C)c1ccccc1C)OC. The molecule has 2 aromatic carbocycles. The maximum atomic E-state index is 6.07. The van der Waals surface area contributed by atoms with E-state index in [0.717, 1.165) is 12.1 Å². The summed E-state index contributed by atoms with van der Waals surface area (Å²) in [5.41, 5.74) is 5.49. The minimum absolute atomic E-state index is 0.428. The topological polar surface area (TPSA) is 18.5 Å². The summed E-state index contributed by atoms with van der Waals surface area (Å²) in [6.07, 6.45) is 0. The molecule has 0 saturated carbocycles. The lowest BCUT2D eigenvalue weighted by atomic mass is 9.98. The summed E-state index contributed by atoms with van der Waals surface area (Å²) in [5.74, 6) is 0.855. The predicted octanol–water partition coefficient (Wildman–Crippen LogP) is 5.95. The number of hydrogen-bond donors (Lipinski definition) is 0. The second-order valence-electron chi connectivity index (χ2n) is 7.24. The Bertz CT molecular complexity index is 624. The lowest BCUT2D eigenvalue weighted by Gasteiger charge is -2.33. The highest BCUT2D eigenvalue weighted by Gasteiger charge is 2.39. The standard InChI is InChI=1S/C22H32O2Si/c1-17-11-7-9-13-21(17)19(3)15-25(23-5,24-6)16-20(4)22-14-10-8-12-18(22)2/h7-14,19-20H,15-16H2,1-6H3. The van der Waals surface area contributed by atoms with Crippen molar-refractivity contribution in [2.75, 3.05) is 14.2 Å². The van der Waals surface area contributed by atoms with E-state index in [0.29, 0.717) is 11.8 Å². The van der Waals surface area contributed by atoms with E-state index in [9.17, 15) is 0 Å². The minimum atomic E-state index is -2.28. The predicted molar refractivity (Wildman–Crippen MR) is 109 cm³/mol. The first-order valence-corrected chi connectivity index (χ1v) is 11.4. The fourth-order valence-electron chi connectivity index (χ4n) is 3.93. The van der Waals surface area contributed by atoms with Crippen LogP contribution >= 0.6 is 0 Å². The van der Waals surface area contributed by atoms with Crippen LogP contribution in [0.25, 0.3) is 0 Å². The van der Waals surface area contributed by atoms with Crippen molar-refractivity contribution in [3.63, 3.8) is 0 Å². The molecule has 2 atom stereocenters. The van der Waals surface area contributed by atoms with Crippen LogP contribution in [0.2, 0.25) is 12.1 Å². The van der Waals surface area contributed by atoms with Crippen LogP contribution in [0.1, 0.15) is 47.9 Å². The number of hydrogen-bond acceptors (Lipinski definition) is 2. The highest BCUT2D eigenvalue weighted by atomic mass is 28.4. The van der Waals surface area contributed by atoms with Crippen molar-refractivity contribution in [3.8, 4) is 0 Å². The number of rotatable bonds is 8. The Kier molecular flexibility index (Phi) is 7.00. The third-order valence-corrected chi connectivity index (χ3v) is 9.37. The molecule has 0 radical (unpaired) electrons. The van der Waals surface area contributed by atoms with Crippen LogP contribution in [0.3, 0.4) is 0 Å². The quantitative estimate of drug-likeness (QED) is 0.544. The van der Waals surface area contributed by atoms with Crippen LogP contribution in [0.5, 0.6) is 0 Å². The molecule has 2 nitrogen and oxygen atoms in total. The van der Waals surface area contributed by atoms with Crippen LogP contribution < -0.4 is 0 Å². The van der Waals surface area contributed by atoms with Gasteiger partial charge in [0.05, 0.1) is 0 Å². The number of aryl methyl sites for hydroxylation is 2. The van der Waals surface area contributed by atoms with E-state index in [1.807, 2.05) is 14.2 Å². The molecule has 3 heteroatoms. The molecule has 2 unspecified atom stereocenters. The summed E-state index contributed by atoms with van der Waals surface area (Å²) in [7, 11) is 1.37. The zero-order chi connectivity index (χ0) is 18.4. The summed E-state index contributed by atoms with van der Waals surface area (Å²) < 4.78 is 12.1. The molecular formula is C22H32O2Si. The zero-order valence-electron chi connectivity index (χ0n) is 16.5. The lowest BCUT2D eigenvalue weighted by Crippen LogP contribution is -2.42. The molecule has 0 fully saturated rings. The molecule has 0 aromatic heterocycles. The van der Waals surface area contributed by atoms with Crippen molar-refractivity contribution < 1.29 is 8.85 Å². The second-order valence-corrected chi connectivity index (χ2v) is 10.7. The van der Waals surface area contributed by atoms with Gasteiger partial charge >= 0.3 is 8.56 Å². The average molecular weight is 357 g/mol. The van der Waals surface area contributed by atoms with Gasteiger partial charge in [0.25, 0.3) is 0 Å². The fourth-order valence-corrected chi connectivity index (χ4v) is 7.24. The van der Waals surface area contributed by atoms with E-state index in [-0.39, 0.29) is 0 Å². The molecular weight excluding hydrogens is 324 g/mol. The van der Waals surface area contributed by atoms with Crippen molar-refractivity contribution in [2.24, 2.45) is 0 Å². The van der Waals surface area contributed by atoms with Crippen molar-refractivity contribution in [1.82, 2.24) is 0 Å². The zero-order valence-corrected chi connectivity index (χ0v) is 17.5. The third kappa shape index (κ3) is 4.81. The number of benzene rings is 2. The Morgan fingerprint density at radius 1 is 0.720 bits per heavy atom. The summed E-state index contributed by atoms with van der Waals surface area (Å²) in [4.78, 5) is 0. The van der Waals surface area contributed by atoms with Gasteiger partial charge in [0, 0.05) is 14.2 Å². The van der Waals surface area contributed by atoms with E-state index in [2.05, 4.69) is 76.2 Å². The molecule has 0 spiro atoms. The van der Waals surface area contributed by atoms with Gasteiger partial charge in [-0.1, -0.05) is 62.4 Å². The Labute approximate surface area is 154 Å². The van der Waals surface area contributed by atoms with Gasteiger partial charge in [0.2, 0.25) is 0 Å². The Balaban J connectivity index is 2.20. The van der Waals surface area contributed by atoms with Crippen LogP contribution in [0.4, 0.5) is 0 Å². The molecule has 2 rings (SSSR count). The molecule has 0 amide bonds. The first kappa shape index (κ1) is 19.9. The van der Waals surface area contributed by atoms with Gasteiger partial charge in [-0.25, -0.2) is 0 Å². The van der Waals surface area contributed by atoms with Crippen molar-refractivity contribution in [2.45, 2.75) is 51.6 Å². The van der Waals surface area contributed by atoms with Gasteiger partial charge in [-0.3, -0.25) is 0 Å². The molecule has 136 valence electrons. The maximum absolute atomic E-state index is 6.07. The van der Waals surface area contributed by atoms with E-state index >= 15 is 0 Å². The highest BCUT2D eigenvalue weighted by molar-refractivity contribution is 6.67. The first-order valence-electron chi connectivity index (χ1n) is 9.14. The largest absolute Gasteiger partial charge is 0.398 e. The maximum Gasteiger partial charge on any atom is 0.338 e. The Morgan fingerprint density at radius 2 is 1.08 bits per heavy atom. The van der Waals surface area contributed by atoms with Gasteiger partial charge in [-0.05, 0) is 60.0 Å². The molecule has 25 heavy (non-hydrogen) atoms. The molecule has 0 aliphatic heterocycles. The first-order chi connectivity index (χ1) is 11.9. The molecule has 0 aliphatic carbocycles. The van der Waals surface area contributed by atoms with Crippen molar-refractivity contribution >= 4 is 8.56 Å². The van der Waals surface area contributed by atoms with Crippen LogP contribution in [0, 0.1) is 13.8 Å². The Hall–Kier alpha value is -1.42.